The van der Waals surface area contributed by atoms with E-state index in [0.29, 0.717) is 5.69 Å². The molecule has 2 N–H and O–H groups in total. The van der Waals surface area contributed by atoms with Crippen LogP contribution in [0.15, 0.2) is 47.4 Å². The fraction of sp³-hybridized carbons (Fsp3) is 0.133. The molecule has 0 aromatic heterocycles. The van der Waals surface area contributed by atoms with E-state index in [4.69, 9.17) is 0 Å². The van der Waals surface area contributed by atoms with Crippen LogP contribution in [0.1, 0.15) is 6.92 Å². The number of carbonyl (C=O) groups is 1. The van der Waals surface area contributed by atoms with E-state index in [2.05, 4.69) is 19.5 Å². The zero-order valence-corrected chi connectivity index (χ0v) is 13.6. The fourth-order valence-corrected chi connectivity index (χ4v) is 3.20. The topological polar surface area (TPSA) is 93.7 Å². The molecule has 0 bridgehead atoms. The highest BCUT2D eigenvalue weighted by atomic mass is 32.2. The summed E-state index contributed by atoms with van der Waals surface area (Å²) < 4.78 is 61.4. The summed E-state index contributed by atoms with van der Waals surface area (Å²) >= 11 is 0. The van der Waals surface area contributed by atoms with Crippen LogP contribution in [-0.2, 0) is 14.8 Å². The van der Waals surface area contributed by atoms with Gasteiger partial charge in [0.2, 0.25) is 5.91 Å². The van der Waals surface area contributed by atoms with Crippen molar-refractivity contribution < 1.29 is 31.5 Å². The first-order valence-corrected chi connectivity index (χ1v) is 8.43. The normalized spacial score (nSPS) is 14.8. The summed E-state index contributed by atoms with van der Waals surface area (Å²) in [4.78, 5) is 10.9. The van der Waals surface area contributed by atoms with Crippen LogP contribution < -0.4 is 19.5 Å². The molecule has 0 saturated carbocycles. The number of hydrogen-bond acceptors (Lipinski definition) is 5. The molecule has 10 heteroatoms. The zero-order valence-electron chi connectivity index (χ0n) is 12.7. The van der Waals surface area contributed by atoms with E-state index in [0.717, 1.165) is 6.07 Å². The summed E-state index contributed by atoms with van der Waals surface area (Å²) in [6, 6.07) is 9.00. The van der Waals surface area contributed by atoms with E-state index in [1.54, 1.807) is 0 Å². The van der Waals surface area contributed by atoms with Crippen molar-refractivity contribution in [1.82, 2.24) is 0 Å². The molecule has 1 heterocycles. The molecular formula is C15H12F2N2O5S. The number of nitrogens with one attached hydrogen (secondary N) is 2. The average molecular weight is 370 g/mol. The van der Waals surface area contributed by atoms with Crippen LogP contribution in [0.3, 0.4) is 0 Å². The van der Waals surface area contributed by atoms with Gasteiger partial charge in [0.1, 0.15) is 0 Å². The summed E-state index contributed by atoms with van der Waals surface area (Å²) in [5, 5.41) is 2.51. The molecular weight excluding hydrogens is 358 g/mol. The third-order valence-corrected chi connectivity index (χ3v) is 4.54. The lowest BCUT2D eigenvalue weighted by molar-refractivity contribution is -0.286. The minimum absolute atomic E-state index is 0.0333. The van der Waals surface area contributed by atoms with Crippen LogP contribution in [0.5, 0.6) is 11.5 Å². The van der Waals surface area contributed by atoms with E-state index < -0.39 is 16.3 Å². The highest BCUT2D eigenvalue weighted by Crippen LogP contribution is 2.42. The maximum Gasteiger partial charge on any atom is 0.586 e. The predicted molar refractivity (Wildman–Crippen MR) is 84.2 cm³/mol. The van der Waals surface area contributed by atoms with E-state index in [1.165, 1.54) is 43.3 Å². The standard InChI is InChI=1S/C15H12F2N2O5S/c1-9(20)18-10-2-5-12(6-3-10)25(21,22)19-11-4-7-13-14(8-11)24-15(16,17)23-13/h2-8,19H,1H3,(H,18,20). The Morgan fingerprint density at radius 2 is 1.60 bits per heavy atom. The number of alkyl halides is 2. The maximum absolute atomic E-state index is 13.0. The maximum atomic E-state index is 13.0. The SMILES string of the molecule is CC(=O)Nc1ccc(S(=O)(=O)Nc2ccc3c(c2)OC(F)(F)O3)cc1. The molecule has 0 unspecified atom stereocenters. The summed E-state index contributed by atoms with van der Waals surface area (Å²) in [5.74, 6) is -0.746. The first kappa shape index (κ1) is 17.0. The van der Waals surface area contributed by atoms with Gasteiger partial charge in [0.25, 0.3) is 10.0 Å². The van der Waals surface area contributed by atoms with E-state index in [-0.39, 0.29) is 28.0 Å². The minimum Gasteiger partial charge on any atom is -0.395 e. The van der Waals surface area contributed by atoms with Gasteiger partial charge in [0.15, 0.2) is 11.5 Å². The number of anilines is 2. The van der Waals surface area contributed by atoms with Crippen LogP contribution >= 0.6 is 0 Å². The number of halogens is 2. The van der Waals surface area contributed by atoms with Crippen molar-refractivity contribution in [3.8, 4) is 11.5 Å². The van der Waals surface area contributed by atoms with Gasteiger partial charge in [-0.05, 0) is 36.4 Å². The number of fused-ring (bicyclic) bond motifs is 1. The smallest absolute Gasteiger partial charge is 0.395 e. The Morgan fingerprint density at radius 3 is 2.24 bits per heavy atom. The Balaban J connectivity index is 1.79. The third-order valence-electron chi connectivity index (χ3n) is 3.14. The number of benzene rings is 2. The molecule has 0 spiro atoms. The lowest BCUT2D eigenvalue weighted by Crippen LogP contribution is -2.25. The van der Waals surface area contributed by atoms with Gasteiger partial charge >= 0.3 is 6.29 Å². The summed E-state index contributed by atoms with van der Waals surface area (Å²) in [5.41, 5.74) is 0.475. The Bertz CT molecular complexity index is 929. The Morgan fingerprint density at radius 1 is 1.00 bits per heavy atom. The lowest BCUT2D eigenvalue weighted by Gasteiger charge is -2.09. The van der Waals surface area contributed by atoms with Crippen molar-refractivity contribution in [3.63, 3.8) is 0 Å². The quantitative estimate of drug-likeness (QED) is 0.863. The highest BCUT2D eigenvalue weighted by molar-refractivity contribution is 7.92. The third kappa shape index (κ3) is 3.79. The van der Waals surface area contributed by atoms with Gasteiger partial charge in [-0.3, -0.25) is 9.52 Å². The van der Waals surface area contributed by atoms with Crippen molar-refractivity contribution in [2.45, 2.75) is 18.1 Å². The molecule has 0 aliphatic carbocycles. The molecule has 0 saturated heterocycles. The molecule has 0 radical (unpaired) electrons. The molecule has 2 aromatic carbocycles. The van der Waals surface area contributed by atoms with Crippen LogP contribution in [0.2, 0.25) is 0 Å². The monoisotopic (exact) mass is 370 g/mol. The van der Waals surface area contributed by atoms with E-state index in [1.807, 2.05) is 0 Å². The van der Waals surface area contributed by atoms with Crippen molar-refractivity contribution in [2.75, 3.05) is 10.0 Å². The van der Waals surface area contributed by atoms with Gasteiger partial charge in [0, 0.05) is 18.7 Å². The van der Waals surface area contributed by atoms with Crippen molar-refractivity contribution in [1.29, 1.82) is 0 Å². The molecule has 3 rings (SSSR count). The van der Waals surface area contributed by atoms with Gasteiger partial charge in [-0.15, -0.1) is 8.78 Å². The molecule has 25 heavy (non-hydrogen) atoms. The second-order valence-corrected chi connectivity index (χ2v) is 6.82. The first-order valence-electron chi connectivity index (χ1n) is 6.95. The largest absolute Gasteiger partial charge is 0.586 e. The van der Waals surface area contributed by atoms with Gasteiger partial charge < -0.3 is 14.8 Å². The van der Waals surface area contributed by atoms with Crippen LogP contribution in [-0.4, -0.2) is 20.6 Å². The summed E-state index contributed by atoms with van der Waals surface area (Å²) in [6.45, 7) is 1.33. The van der Waals surface area contributed by atoms with Crippen LogP contribution in [0.25, 0.3) is 0 Å². The Labute approximate surface area is 141 Å². The number of rotatable bonds is 4. The Kier molecular flexibility index (Phi) is 3.99. The molecule has 132 valence electrons. The van der Waals surface area contributed by atoms with E-state index >= 15 is 0 Å². The number of ether oxygens (including phenoxy) is 2. The molecule has 1 aliphatic rings. The highest BCUT2D eigenvalue weighted by Gasteiger charge is 2.43. The molecule has 2 aromatic rings. The molecule has 0 fully saturated rings. The minimum atomic E-state index is -3.95. The predicted octanol–water partition coefficient (Wildman–Crippen LogP) is 2.77. The van der Waals surface area contributed by atoms with Crippen LogP contribution in [0.4, 0.5) is 20.2 Å². The summed E-state index contributed by atoms with van der Waals surface area (Å²) in [6.07, 6.45) is -3.78. The van der Waals surface area contributed by atoms with Gasteiger partial charge in [-0.1, -0.05) is 0 Å². The van der Waals surface area contributed by atoms with Gasteiger partial charge in [-0.2, -0.15) is 0 Å². The van der Waals surface area contributed by atoms with Crippen molar-refractivity contribution in [3.05, 3.63) is 42.5 Å². The van der Waals surface area contributed by atoms with Gasteiger partial charge in [-0.25, -0.2) is 8.42 Å². The summed E-state index contributed by atoms with van der Waals surface area (Å²) in [7, 11) is -3.95. The number of carbonyl (C=O) groups excluding carboxylic acids is 1. The van der Waals surface area contributed by atoms with E-state index in [9.17, 15) is 22.0 Å². The molecule has 7 nitrogen and oxygen atoms in total. The second-order valence-electron chi connectivity index (χ2n) is 5.14. The molecule has 1 aliphatic heterocycles. The number of hydrogen-bond donors (Lipinski definition) is 2. The lowest BCUT2D eigenvalue weighted by atomic mass is 10.3. The molecule has 0 atom stereocenters. The van der Waals surface area contributed by atoms with Gasteiger partial charge in [0.05, 0.1) is 10.6 Å². The Hall–Kier alpha value is -2.88. The van der Waals surface area contributed by atoms with Crippen molar-refractivity contribution in [2.24, 2.45) is 0 Å². The fourth-order valence-electron chi connectivity index (χ4n) is 2.15. The molecule has 1 amide bonds. The zero-order chi connectivity index (χ0) is 18.2. The average Bonchev–Trinajstić information content (AvgIpc) is 2.80. The number of sulfonamides is 1. The first-order chi connectivity index (χ1) is 11.6. The van der Waals surface area contributed by atoms with Crippen LogP contribution in [0, 0.1) is 0 Å². The number of amides is 1. The second kappa shape index (κ2) is 5.88. The van der Waals surface area contributed by atoms with Crippen molar-refractivity contribution >= 4 is 27.3 Å².